The van der Waals surface area contributed by atoms with Gasteiger partial charge >= 0.3 is 0 Å². The number of ether oxygens (including phenoxy) is 1. The molecule has 12 heteroatoms. The van der Waals surface area contributed by atoms with Gasteiger partial charge in [0.2, 0.25) is 10.0 Å². The molecule has 0 aliphatic carbocycles. The number of nitrogens with one attached hydrogen (secondary N) is 2. The topological polar surface area (TPSA) is 122 Å². The molecule has 190 valence electrons. The molecule has 4 rings (SSSR count). The zero-order chi connectivity index (χ0) is 26.1. The summed E-state index contributed by atoms with van der Waals surface area (Å²) < 4.78 is 60.4. The van der Waals surface area contributed by atoms with E-state index >= 15 is 0 Å². The minimum Gasteiger partial charge on any atom is -0.495 e. The number of sulfonamides is 2. The zero-order valence-electron chi connectivity index (χ0n) is 19.5. The number of fused-ring (bicyclic) bond motifs is 1. The van der Waals surface area contributed by atoms with E-state index < -0.39 is 26.0 Å². The van der Waals surface area contributed by atoms with Crippen molar-refractivity contribution in [1.29, 1.82) is 0 Å². The fourth-order valence-corrected chi connectivity index (χ4v) is 6.77. The molecule has 1 heterocycles. The highest BCUT2D eigenvalue weighted by atomic mass is 35.5. The summed E-state index contributed by atoms with van der Waals surface area (Å²) >= 11 is 5.90. The molecule has 0 radical (unpaired) electrons. The first-order valence-corrected chi connectivity index (χ1v) is 14.3. The molecule has 3 aromatic rings. The quantitative estimate of drug-likeness (QED) is 0.442. The number of anilines is 2. The molecule has 0 bridgehead atoms. The maximum Gasteiger partial charge on any atom is 0.264 e. The summed E-state index contributed by atoms with van der Waals surface area (Å²) in [6.45, 7) is 2.08. The number of benzene rings is 3. The van der Waals surface area contributed by atoms with Crippen LogP contribution in [-0.4, -0.2) is 42.9 Å². The molecule has 0 unspecified atom stereocenters. The average molecular weight is 550 g/mol. The molecule has 0 saturated carbocycles. The Morgan fingerprint density at radius 1 is 1.03 bits per heavy atom. The van der Waals surface area contributed by atoms with E-state index in [1.54, 1.807) is 25.1 Å². The summed E-state index contributed by atoms with van der Waals surface area (Å²) in [5.41, 5.74) is 1.75. The van der Waals surface area contributed by atoms with Gasteiger partial charge in [0.25, 0.3) is 15.9 Å². The van der Waals surface area contributed by atoms with Crippen LogP contribution in [0.2, 0.25) is 5.02 Å². The number of hydrogen-bond acceptors (Lipinski definition) is 6. The van der Waals surface area contributed by atoms with E-state index in [2.05, 4.69) is 10.0 Å². The van der Waals surface area contributed by atoms with E-state index in [0.29, 0.717) is 22.8 Å². The average Bonchev–Trinajstić information content (AvgIpc) is 3.28. The van der Waals surface area contributed by atoms with Crippen LogP contribution in [0.1, 0.15) is 22.8 Å². The lowest BCUT2D eigenvalue weighted by Gasteiger charge is -2.20. The first-order valence-electron chi connectivity index (χ1n) is 11.0. The van der Waals surface area contributed by atoms with E-state index in [9.17, 15) is 21.6 Å². The van der Waals surface area contributed by atoms with E-state index in [1.165, 1.54) is 53.9 Å². The van der Waals surface area contributed by atoms with Gasteiger partial charge in [0.1, 0.15) is 10.6 Å². The van der Waals surface area contributed by atoms with Crippen molar-refractivity contribution in [1.82, 2.24) is 4.72 Å². The van der Waals surface area contributed by atoms with E-state index in [4.69, 9.17) is 16.3 Å². The van der Waals surface area contributed by atoms with Gasteiger partial charge in [-0.1, -0.05) is 24.6 Å². The molecule has 0 spiro atoms. The number of carbonyl (C=O) groups excluding carboxylic acids is 1. The molecular formula is C24H24ClN3O6S2. The Balaban J connectivity index is 1.62. The molecule has 1 amide bonds. The Bertz CT molecular complexity index is 1520. The van der Waals surface area contributed by atoms with Crippen molar-refractivity contribution < 1.29 is 26.4 Å². The number of halogens is 1. The monoisotopic (exact) mass is 549 g/mol. The Morgan fingerprint density at radius 2 is 1.75 bits per heavy atom. The van der Waals surface area contributed by atoms with Crippen LogP contribution < -0.4 is 19.1 Å². The third-order valence-corrected chi connectivity index (χ3v) is 9.29. The Hall–Kier alpha value is -3.12. The number of nitrogens with zero attached hydrogens (tertiary/aromatic N) is 1. The number of methoxy groups -OCH3 is 1. The normalized spacial score (nSPS) is 13.4. The fourth-order valence-electron chi connectivity index (χ4n) is 3.91. The second-order valence-electron chi connectivity index (χ2n) is 7.95. The molecule has 0 atom stereocenters. The number of hydrogen-bond donors (Lipinski definition) is 2. The first-order chi connectivity index (χ1) is 17.1. The lowest BCUT2D eigenvalue weighted by molar-refractivity contribution is 0.102. The Morgan fingerprint density at radius 3 is 2.42 bits per heavy atom. The van der Waals surface area contributed by atoms with Crippen molar-refractivity contribution in [2.24, 2.45) is 0 Å². The van der Waals surface area contributed by atoms with Gasteiger partial charge in [-0.2, -0.15) is 0 Å². The van der Waals surface area contributed by atoms with Crippen molar-refractivity contribution in [3.8, 4) is 5.75 Å². The van der Waals surface area contributed by atoms with Gasteiger partial charge in [0.05, 0.1) is 17.7 Å². The summed E-state index contributed by atoms with van der Waals surface area (Å²) in [7, 11) is -6.36. The van der Waals surface area contributed by atoms with Crippen LogP contribution in [-0.2, 0) is 26.5 Å². The summed E-state index contributed by atoms with van der Waals surface area (Å²) in [6.07, 6.45) is 0.528. The lowest BCUT2D eigenvalue weighted by atomic mass is 10.1. The first kappa shape index (κ1) is 26.0. The van der Waals surface area contributed by atoms with Gasteiger partial charge in [0, 0.05) is 29.4 Å². The van der Waals surface area contributed by atoms with Crippen molar-refractivity contribution in [3.63, 3.8) is 0 Å². The Labute approximate surface area is 215 Å². The van der Waals surface area contributed by atoms with Crippen molar-refractivity contribution in [2.45, 2.75) is 23.1 Å². The van der Waals surface area contributed by atoms with Crippen molar-refractivity contribution in [2.75, 3.05) is 29.8 Å². The third-order valence-electron chi connectivity index (χ3n) is 5.65. The zero-order valence-corrected chi connectivity index (χ0v) is 21.9. The van der Waals surface area contributed by atoms with Gasteiger partial charge < -0.3 is 10.1 Å². The highest BCUT2D eigenvalue weighted by Gasteiger charge is 2.31. The van der Waals surface area contributed by atoms with E-state index in [1.807, 2.05) is 0 Å². The number of amides is 1. The molecule has 0 fully saturated rings. The molecule has 9 nitrogen and oxygen atoms in total. The van der Waals surface area contributed by atoms with Gasteiger partial charge in [0.15, 0.2) is 0 Å². The summed E-state index contributed by atoms with van der Waals surface area (Å²) in [5, 5.41) is 3.15. The third kappa shape index (κ3) is 5.05. The maximum absolute atomic E-state index is 13.2. The van der Waals surface area contributed by atoms with E-state index in [-0.39, 0.29) is 34.2 Å². The largest absolute Gasteiger partial charge is 0.495 e. The molecule has 1 aliphatic rings. The van der Waals surface area contributed by atoms with Crippen LogP contribution >= 0.6 is 11.6 Å². The SMILES string of the molecule is CCNS(=O)(=O)c1cc(C(=O)Nc2ccc3c(c2)N(S(=O)(=O)c2ccc(Cl)cc2)CC3)ccc1OC. The summed E-state index contributed by atoms with van der Waals surface area (Å²) in [4.78, 5) is 12.9. The highest BCUT2D eigenvalue weighted by Crippen LogP contribution is 2.35. The van der Waals surface area contributed by atoms with Crippen LogP contribution in [0.3, 0.4) is 0 Å². The lowest BCUT2D eigenvalue weighted by Crippen LogP contribution is -2.29. The minimum atomic E-state index is -3.88. The standard InChI is InChI=1S/C24H24ClN3O6S2/c1-3-26-35(30,31)23-14-17(5-11-22(23)34-2)24(29)27-19-8-4-16-12-13-28(21(16)15-19)36(32,33)20-9-6-18(25)7-10-20/h4-11,14-15,26H,3,12-13H2,1-2H3,(H,27,29). The Kier molecular flexibility index (Phi) is 7.28. The van der Waals surface area contributed by atoms with E-state index in [0.717, 1.165) is 5.56 Å². The second-order valence-corrected chi connectivity index (χ2v) is 12.0. The van der Waals surface area contributed by atoms with Gasteiger partial charge in [-0.05, 0) is 66.6 Å². The summed E-state index contributed by atoms with van der Waals surface area (Å²) in [6, 6.07) is 15.0. The van der Waals surface area contributed by atoms with Crippen LogP contribution in [0.4, 0.5) is 11.4 Å². The molecule has 2 N–H and O–H groups in total. The molecule has 0 aromatic heterocycles. The van der Waals surface area contributed by atoms with Crippen LogP contribution in [0.15, 0.2) is 70.5 Å². The van der Waals surface area contributed by atoms with Crippen LogP contribution in [0.25, 0.3) is 0 Å². The molecule has 1 aliphatic heterocycles. The highest BCUT2D eigenvalue weighted by molar-refractivity contribution is 7.92. The molecule has 3 aromatic carbocycles. The van der Waals surface area contributed by atoms with Gasteiger partial charge in [-0.25, -0.2) is 21.6 Å². The van der Waals surface area contributed by atoms with Gasteiger partial charge in [-0.3, -0.25) is 9.10 Å². The smallest absolute Gasteiger partial charge is 0.264 e. The fraction of sp³-hybridized carbons (Fsp3) is 0.208. The number of carbonyl (C=O) groups is 1. The van der Waals surface area contributed by atoms with Crippen molar-refractivity contribution in [3.05, 3.63) is 76.8 Å². The maximum atomic E-state index is 13.2. The predicted octanol–water partition coefficient (Wildman–Crippen LogP) is 3.65. The minimum absolute atomic E-state index is 0.0958. The van der Waals surface area contributed by atoms with Crippen LogP contribution in [0, 0.1) is 0 Å². The molecular weight excluding hydrogens is 526 g/mol. The summed E-state index contributed by atoms with van der Waals surface area (Å²) in [5.74, 6) is -0.455. The number of rotatable bonds is 8. The molecule has 36 heavy (non-hydrogen) atoms. The second kappa shape index (κ2) is 10.1. The van der Waals surface area contributed by atoms with Crippen molar-refractivity contribution >= 4 is 48.9 Å². The van der Waals surface area contributed by atoms with Gasteiger partial charge in [-0.15, -0.1) is 0 Å². The van der Waals surface area contributed by atoms with Crippen LogP contribution in [0.5, 0.6) is 5.75 Å². The molecule has 0 saturated heterocycles. The predicted molar refractivity (Wildman–Crippen MR) is 138 cm³/mol.